The van der Waals surface area contributed by atoms with E-state index in [4.69, 9.17) is 9.47 Å². The quantitative estimate of drug-likeness (QED) is 0.328. The first-order valence-corrected chi connectivity index (χ1v) is 10.9. The number of amides is 1. The van der Waals surface area contributed by atoms with Crippen molar-refractivity contribution in [3.8, 4) is 16.9 Å². The third kappa shape index (κ3) is 5.17. The lowest BCUT2D eigenvalue weighted by Crippen LogP contribution is -2.12. The van der Waals surface area contributed by atoms with Crippen molar-refractivity contribution in [3.63, 3.8) is 0 Å². The fourth-order valence-corrected chi connectivity index (χ4v) is 4.32. The molecule has 7 heteroatoms. The van der Waals surface area contributed by atoms with Crippen LogP contribution in [0.5, 0.6) is 5.75 Å². The number of thiophene rings is 1. The minimum atomic E-state index is -0.462. The molecule has 3 aromatic rings. The molecule has 0 aliphatic rings. The molecule has 3 rings (SSSR count). The number of benzene rings is 2. The van der Waals surface area contributed by atoms with Crippen molar-refractivity contribution in [2.24, 2.45) is 0 Å². The molecule has 0 radical (unpaired) electrons. The molecular formula is C23H20BrNO4S. The second-order valence-electron chi connectivity index (χ2n) is 6.16. The van der Waals surface area contributed by atoms with E-state index in [9.17, 15) is 9.59 Å². The lowest BCUT2D eigenvalue weighted by atomic mass is 10.0. The van der Waals surface area contributed by atoms with Gasteiger partial charge in [0, 0.05) is 17.0 Å². The monoisotopic (exact) mass is 485 g/mol. The zero-order valence-corrected chi connectivity index (χ0v) is 18.9. The summed E-state index contributed by atoms with van der Waals surface area (Å²) in [4.78, 5) is 25.1. The number of ether oxygens (including phenoxy) is 2. The largest absolute Gasteiger partial charge is 0.496 e. The molecule has 154 valence electrons. The van der Waals surface area contributed by atoms with E-state index in [0.717, 1.165) is 21.2 Å². The Bertz CT molecular complexity index is 1080. The number of anilines is 1. The summed E-state index contributed by atoms with van der Waals surface area (Å²) in [5, 5.41) is 5.11. The summed E-state index contributed by atoms with van der Waals surface area (Å²) >= 11 is 4.72. The van der Waals surface area contributed by atoms with Gasteiger partial charge in [-0.2, -0.15) is 0 Å². The molecule has 0 aliphatic carbocycles. The second kappa shape index (κ2) is 10.2. The van der Waals surface area contributed by atoms with E-state index in [1.165, 1.54) is 17.4 Å². The first kappa shape index (κ1) is 21.8. The van der Waals surface area contributed by atoms with Crippen molar-refractivity contribution in [2.75, 3.05) is 19.0 Å². The summed E-state index contributed by atoms with van der Waals surface area (Å²) in [6.45, 7) is 2.00. The Labute approximate surface area is 187 Å². The highest BCUT2D eigenvalue weighted by Gasteiger charge is 2.22. The molecule has 2 aromatic carbocycles. The summed E-state index contributed by atoms with van der Waals surface area (Å²) < 4.78 is 11.2. The maximum Gasteiger partial charge on any atom is 0.341 e. The van der Waals surface area contributed by atoms with Gasteiger partial charge in [-0.3, -0.25) is 4.79 Å². The Balaban J connectivity index is 1.83. The number of esters is 1. The predicted molar refractivity (Wildman–Crippen MR) is 124 cm³/mol. The molecule has 0 spiro atoms. The standard InChI is InChI=1S/C23H20BrNO4S/c1-3-29-23(27)21-17(16-7-5-4-6-8-16)14-30-22(21)25-20(26)12-10-15-9-11-19(28-2)18(24)13-15/h4-14H,3H2,1-2H3,(H,25,26). The number of carbonyl (C=O) groups excluding carboxylic acids is 2. The number of hydrogen-bond donors (Lipinski definition) is 1. The highest BCUT2D eigenvalue weighted by Crippen LogP contribution is 2.36. The van der Waals surface area contributed by atoms with Gasteiger partial charge in [0.2, 0.25) is 5.91 Å². The first-order valence-electron chi connectivity index (χ1n) is 9.20. The van der Waals surface area contributed by atoms with E-state index in [-0.39, 0.29) is 12.5 Å². The first-order chi connectivity index (χ1) is 14.5. The molecule has 5 nitrogen and oxygen atoms in total. The van der Waals surface area contributed by atoms with E-state index < -0.39 is 5.97 Å². The Morgan fingerprint density at radius 2 is 1.93 bits per heavy atom. The zero-order chi connectivity index (χ0) is 21.5. The maximum atomic E-state index is 12.6. The van der Waals surface area contributed by atoms with E-state index in [0.29, 0.717) is 16.3 Å². The number of halogens is 1. The third-order valence-electron chi connectivity index (χ3n) is 4.20. The summed E-state index contributed by atoms with van der Waals surface area (Å²) in [5.41, 5.74) is 2.81. The van der Waals surface area contributed by atoms with E-state index in [1.54, 1.807) is 20.1 Å². The van der Waals surface area contributed by atoms with Crippen LogP contribution in [0.2, 0.25) is 0 Å². The van der Waals surface area contributed by atoms with Gasteiger partial charge in [-0.05, 0) is 52.2 Å². The Morgan fingerprint density at radius 1 is 1.17 bits per heavy atom. The van der Waals surface area contributed by atoms with Gasteiger partial charge in [-0.25, -0.2) is 4.79 Å². The van der Waals surface area contributed by atoms with Crippen LogP contribution in [-0.2, 0) is 9.53 Å². The van der Waals surface area contributed by atoms with E-state index >= 15 is 0 Å². The Morgan fingerprint density at radius 3 is 2.60 bits per heavy atom. The fourth-order valence-electron chi connectivity index (χ4n) is 2.80. The zero-order valence-electron chi connectivity index (χ0n) is 16.5. The van der Waals surface area contributed by atoms with Crippen molar-refractivity contribution < 1.29 is 19.1 Å². The van der Waals surface area contributed by atoms with Crippen molar-refractivity contribution >= 4 is 50.2 Å². The van der Waals surface area contributed by atoms with Crippen LogP contribution in [0.15, 0.2) is 64.5 Å². The summed E-state index contributed by atoms with van der Waals surface area (Å²) in [7, 11) is 1.59. The average molecular weight is 486 g/mol. The number of methoxy groups -OCH3 is 1. The molecule has 1 aromatic heterocycles. The minimum Gasteiger partial charge on any atom is -0.496 e. The van der Waals surface area contributed by atoms with Crippen LogP contribution in [0.3, 0.4) is 0 Å². The molecule has 0 fully saturated rings. The topological polar surface area (TPSA) is 64.6 Å². The van der Waals surface area contributed by atoms with Crippen LogP contribution in [0, 0.1) is 0 Å². The number of nitrogens with one attached hydrogen (secondary N) is 1. The van der Waals surface area contributed by atoms with Crippen LogP contribution in [0.1, 0.15) is 22.8 Å². The fraction of sp³-hybridized carbons (Fsp3) is 0.130. The molecule has 1 amide bonds. The maximum absolute atomic E-state index is 12.6. The second-order valence-corrected chi connectivity index (χ2v) is 7.89. The molecule has 30 heavy (non-hydrogen) atoms. The number of rotatable bonds is 7. The summed E-state index contributed by atoms with van der Waals surface area (Å²) in [6, 6.07) is 15.0. The predicted octanol–water partition coefficient (Wildman–Crippen LogP) is 6.01. The van der Waals surface area contributed by atoms with Crippen LogP contribution in [-0.4, -0.2) is 25.6 Å². The van der Waals surface area contributed by atoms with Gasteiger partial charge >= 0.3 is 5.97 Å². The van der Waals surface area contributed by atoms with Crippen LogP contribution in [0.4, 0.5) is 5.00 Å². The molecule has 0 atom stereocenters. The summed E-state index contributed by atoms with van der Waals surface area (Å²) in [5.74, 6) is -0.0902. The molecule has 0 bridgehead atoms. The van der Waals surface area contributed by atoms with E-state index in [2.05, 4.69) is 21.2 Å². The number of hydrogen-bond acceptors (Lipinski definition) is 5. The summed E-state index contributed by atoms with van der Waals surface area (Å²) in [6.07, 6.45) is 3.11. The lowest BCUT2D eigenvalue weighted by Gasteiger charge is -2.08. The van der Waals surface area contributed by atoms with Gasteiger partial charge < -0.3 is 14.8 Å². The smallest absolute Gasteiger partial charge is 0.341 e. The minimum absolute atomic E-state index is 0.253. The molecule has 0 saturated heterocycles. The normalized spacial score (nSPS) is 10.8. The van der Waals surface area contributed by atoms with Gasteiger partial charge in [0.25, 0.3) is 0 Å². The van der Waals surface area contributed by atoms with Crippen LogP contribution >= 0.6 is 27.3 Å². The van der Waals surface area contributed by atoms with Gasteiger partial charge in [-0.1, -0.05) is 36.4 Å². The van der Waals surface area contributed by atoms with Crippen molar-refractivity contribution in [2.45, 2.75) is 6.92 Å². The number of carbonyl (C=O) groups is 2. The van der Waals surface area contributed by atoms with Crippen molar-refractivity contribution in [1.82, 2.24) is 0 Å². The van der Waals surface area contributed by atoms with Gasteiger partial charge in [-0.15, -0.1) is 11.3 Å². The lowest BCUT2D eigenvalue weighted by molar-refractivity contribution is -0.111. The van der Waals surface area contributed by atoms with Crippen molar-refractivity contribution in [1.29, 1.82) is 0 Å². The molecule has 1 N–H and O–H groups in total. The molecular weight excluding hydrogens is 466 g/mol. The van der Waals surface area contributed by atoms with Gasteiger partial charge in [0.15, 0.2) is 0 Å². The van der Waals surface area contributed by atoms with Gasteiger partial charge in [0.05, 0.1) is 18.2 Å². The highest BCUT2D eigenvalue weighted by molar-refractivity contribution is 9.10. The van der Waals surface area contributed by atoms with Gasteiger partial charge in [0.1, 0.15) is 16.3 Å². The van der Waals surface area contributed by atoms with Crippen molar-refractivity contribution in [3.05, 3.63) is 75.6 Å². The molecule has 0 saturated carbocycles. The van der Waals surface area contributed by atoms with Crippen LogP contribution < -0.4 is 10.1 Å². The molecule has 0 unspecified atom stereocenters. The molecule has 0 aliphatic heterocycles. The van der Waals surface area contributed by atoms with E-state index in [1.807, 2.05) is 53.9 Å². The molecule has 1 heterocycles. The highest BCUT2D eigenvalue weighted by atomic mass is 79.9. The SMILES string of the molecule is CCOC(=O)c1c(-c2ccccc2)csc1NC(=O)C=Cc1ccc(OC)c(Br)c1. The van der Waals surface area contributed by atoms with Crippen LogP contribution in [0.25, 0.3) is 17.2 Å². The Kier molecular flexibility index (Phi) is 7.43. The third-order valence-corrected chi connectivity index (χ3v) is 5.71. The average Bonchev–Trinajstić information content (AvgIpc) is 3.16. The Hall–Kier alpha value is -2.90.